The van der Waals surface area contributed by atoms with Gasteiger partial charge in [0.05, 0.1) is 12.1 Å². The van der Waals surface area contributed by atoms with Crippen LogP contribution in [0.5, 0.6) is 11.5 Å². The average molecular weight is 349 g/mol. The Balaban J connectivity index is 0.00000208. The zero-order valence-electron chi connectivity index (χ0n) is 13.1. The van der Waals surface area contributed by atoms with Gasteiger partial charge >= 0.3 is 0 Å². The summed E-state index contributed by atoms with van der Waals surface area (Å²) in [6, 6.07) is 16.8. The number of rotatable bonds is 5. The van der Waals surface area contributed by atoms with Gasteiger partial charge in [0.15, 0.2) is 0 Å². The van der Waals surface area contributed by atoms with Crippen LogP contribution in [0.4, 0.5) is 0 Å². The van der Waals surface area contributed by atoms with Crippen LogP contribution in [0.25, 0.3) is 0 Å². The highest BCUT2D eigenvalue weighted by molar-refractivity contribution is 5.85. The molecule has 1 aliphatic heterocycles. The van der Waals surface area contributed by atoms with Gasteiger partial charge in [0.1, 0.15) is 11.5 Å². The van der Waals surface area contributed by atoms with Gasteiger partial charge in [-0.3, -0.25) is 4.79 Å². The molecule has 6 heteroatoms. The fourth-order valence-electron chi connectivity index (χ4n) is 2.59. The van der Waals surface area contributed by atoms with Gasteiger partial charge in [-0.25, -0.2) is 0 Å². The van der Waals surface area contributed by atoms with Gasteiger partial charge < -0.3 is 20.5 Å². The van der Waals surface area contributed by atoms with Crippen molar-refractivity contribution < 1.29 is 14.6 Å². The standard InChI is InChI=1S/C18H20N2O3.ClH/c21-14-10-16(19-12-14)18(22)20-11-13-6-4-5-9-17(13)23-15-7-2-1-3-8-15;/h1-9,14,16,19,21H,10-12H2,(H,20,22);1H. The summed E-state index contributed by atoms with van der Waals surface area (Å²) in [4.78, 5) is 12.1. The highest BCUT2D eigenvalue weighted by atomic mass is 35.5. The van der Waals surface area contributed by atoms with Crippen LogP contribution in [0.2, 0.25) is 0 Å². The number of hydrogen-bond acceptors (Lipinski definition) is 4. The molecular formula is C18H21ClN2O3. The molecule has 2 atom stereocenters. The summed E-state index contributed by atoms with van der Waals surface area (Å²) in [5.41, 5.74) is 0.906. The summed E-state index contributed by atoms with van der Waals surface area (Å²) in [5, 5.41) is 15.4. The fourth-order valence-corrected chi connectivity index (χ4v) is 2.59. The van der Waals surface area contributed by atoms with Crippen LogP contribution < -0.4 is 15.4 Å². The van der Waals surface area contributed by atoms with E-state index < -0.39 is 6.10 Å². The minimum absolute atomic E-state index is 0. The van der Waals surface area contributed by atoms with Crippen molar-refractivity contribution in [3.05, 3.63) is 60.2 Å². The summed E-state index contributed by atoms with van der Waals surface area (Å²) < 4.78 is 5.88. The number of ether oxygens (including phenoxy) is 1. The normalized spacial score (nSPS) is 19.4. The van der Waals surface area contributed by atoms with Crippen LogP contribution in [-0.2, 0) is 11.3 Å². The van der Waals surface area contributed by atoms with Crippen LogP contribution in [-0.4, -0.2) is 29.7 Å². The molecule has 1 heterocycles. The Bertz CT molecular complexity index is 666. The van der Waals surface area contributed by atoms with Gasteiger partial charge in [-0.05, 0) is 24.6 Å². The quantitative estimate of drug-likeness (QED) is 0.775. The topological polar surface area (TPSA) is 70.6 Å². The fraction of sp³-hybridized carbons (Fsp3) is 0.278. The largest absolute Gasteiger partial charge is 0.457 e. The SMILES string of the molecule is Cl.O=C(NCc1ccccc1Oc1ccccc1)C1CC(O)CN1. The average Bonchev–Trinajstić information content (AvgIpc) is 3.01. The van der Waals surface area contributed by atoms with Gasteiger partial charge in [0.25, 0.3) is 0 Å². The Labute approximate surface area is 147 Å². The van der Waals surface area contributed by atoms with Crippen molar-refractivity contribution in [1.29, 1.82) is 0 Å². The molecule has 0 aromatic heterocycles. The first-order valence-corrected chi connectivity index (χ1v) is 7.72. The summed E-state index contributed by atoms with van der Waals surface area (Å²) in [7, 11) is 0. The lowest BCUT2D eigenvalue weighted by atomic mass is 10.1. The van der Waals surface area contributed by atoms with Crippen molar-refractivity contribution in [2.24, 2.45) is 0 Å². The van der Waals surface area contributed by atoms with Crippen LogP contribution in [0.3, 0.4) is 0 Å². The predicted octanol–water partition coefficient (Wildman–Crippen LogP) is 2.24. The zero-order valence-corrected chi connectivity index (χ0v) is 14.0. The number of aliphatic hydroxyl groups is 1. The first-order chi connectivity index (χ1) is 11.2. The molecule has 128 valence electrons. The third kappa shape index (κ3) is 4.71. The van der Waals surface area contributed by atoms with Crippen molar-refractivity contribution in [1.82, 2.24) is 10.6 Å². The Morgan fingerprint density at radius 2 is 1.88 bits per heavy atom. The molecule has 0 saturated carbocycles. The Morgan fingerprint density at radius 1 is 1.17 bits per heavy atom. The predicted molar refractivity (Wildman–Crippen MR) is 94.5 cm³/mol. The summed E-state index contributed by atoms with van der Waals surface area (Å²) in [5.74, 6) is 1.38. The minimum Gasteiger partial charge on any atom is -0.457 e. The third-order valence-corrected chi connectivity index (χ3v) is 3.82. The summed E-state index contributed by atoms with van der Waals surface area (Å²) in [6.07, 6.45) is 0.00742. The second-order valence-corrected chi connectivity index (χ2v) is 5.59. The van der Waals surface area contributed by atoms with Gasteiger partial charge in [-0.1, -0.05) is 36.4 Å². The van der Waals surface area contributed by atoms with Gasteiger partial charge in [0, 0.05) is 18.7 Å². The molecule has 0 aliphatic carbocycles. The molecule has 1 saturated heterocycles. The van der Waals surface area contributed by atoms with E-state index in [1.165, 1.54) is 0 Å². The number of para-hydroxylation sites is 2. The Morgan fingerprint density at radius 3 is 2.58 bits per heavy atom. The van der Waals surface area contributed by atoms with Gasteiger partial charge in [0.2, 0.25) is 5.91 Å². The molecule has 0 radical (unpaired) electrons. The molecule has 5 nitrogen and oxygen atoms in total. The van der Waals surface area contributed by atoms with Crippen molar-refractivity contribution in [3.63, 3.8) is 0 Å². The molecule has 1 fully saturated rings. The number of aliphatic hydroxyl groups excluding tert-OH is 1. The maximum Gasteiger partial charge on any atom is 0.237 e. The molecule has 0 bridgehead atoms. The minimum atomic E-state index is -0.445. The van der Waals surface area contributed by atoms with E-state index in [9.17, 15) is 9.90 Å². The molecule has 2 aromatic carbocycles. The van der Waals surface area contributed by atoms with Crippen molar-refractivity contribution in [3.8, 4) is 11.5 Å². The molecule has 1 aliphatic rings. The summed E-state index contributed by atoms with van der Waals surface area (Å²) in [6.45, 7) is 0.849. The smallest absolute Gasteiger partial charge is 0.237 e. The van der Waals surface area contributed by atoms with Crippen LogP contribution in [0.1, 0.15) is 12.0 Å². The number of halogens is 1. The van der Waals surface area contributed by atoms with Gasteiger partial charge in [-0.2, -0.15) is 0 Å². The second-order valence-electron chi connectivity index (χ2n) is 5.59. The third-order valence-electron chi connectivity index (χ3n) is 3.82. The monoisotopic (exact) mass is 348 g/mol. The van der Waals surface area contributed by atoms with E-state index in [2.05, 4.69) is 10.6 Å². The van der Waals surface area contributed by atoms with Crippen molar-refractivity contribution >= 4 is 18.3 Å². The number of nitrogens with one attached hydrogen (secondary N) is 2. The maximum atomic E-state index is 12.1. The van der Waals surface area contributed by atoms with E-state index >= 15 is 0 Å². The Kier molecular flexibility index (Phi) is 6.61. The first-order valence-electron chi connectivity index (χ1n) is 7.72. The van der Waals surface area contributed by atoms with Crippen molar-refractivity contribution in [2.45, 2.75) is 25.1 Å². The molecule has 0 spiro atoms. The lowest BCUT2D eigenvalue weighted by Gasteiger charge is -2.14. The molecule has 3 N–H and O–H groups in total. The number of β-amino-alcohol motifs (C(OH)–C–C–N with tert-alkyl or cyclic N) is 1. The van der Waals surface area contributed by atoms with E-state index in [0.29, 0.717) is 19.5 Å². The van der Waals surface area contributed by atoms with E-state index in [4.69, 9.17) is 4.74 Å². The molecule has 2 aromatic rings. The molecular weight excluding hydrogens is 328 g/mol. The van der Waals surface area contributed by atoms with Crippen LogP contribution >= 0.6 is 12.4 Å². The van der Waals surface area contributed by atoms with Crippen molar-refractivity contribution in [2.75, 3.05) is 6.54 Å². The lowest BCUT2D eigenvalue weighted by molar-refractivity contribution is -0.123. The van der Waals surface area contributed by atoms with E-state index in [0.717, 1.165) is 17.1 Å². The van der Waals surface area contributed by atoms with Crippen LogP contribution in [0, 0.1) is 0 Å². The number of amides is 1. The molecule has 2 unspecified atom stereocenters. The number of carbonyl (C=O) groups excluding carboxylic acids is 1. The molecule has 24 heavy (non-hydrogen) atoms. The second kappa shape index (κ2) is 8.68. The molecule has 1 amide bonds. The number of carbonyl (C=O) groups is 1. The highest BCUT2D eigenvalue weighted by Crippen LogP contribution is 2.24. The molecule has 3 rings (SSSR count). The lowest BCUT2D eigenvalue weighted by Crippen LogP contribution is -2.40. The zero-order chi connectivity index (χ0) is 16.1. The van der Waals surface area contributed by atoms with E-state index in [-0.39, 0.29) is 24.4 Å². The van der Waals surface area contributed by atoms with E-state index in [1.54, 1.807) is 0 Å². The van der Waals surface area contributed by atoms with Crippen LogP contribution in [0.15, 0.2) is 54.6 Å². The maximum absolute atomic E-state index is 12.1. The van der Waals surface area contributed by atoms with E-state index in [1.807, 2.05) is 54.6 Å². The first kappa shape index (κ1) is 18.3. The van der Waals surface area contributed by atoms with Gasteiger partial charge in [-0.15, -0.1) is 12.4 Å². The number of hydrogen-bond donors (Lipinski definition) is 3. The highest BCUT2D eigenvalue weighted by Gasteiger charge is 2.27. The number of benzene rings is 2. The summed E-state index contributed by atoms with van der Waals surface area (Å²) >= 11 is 0. The Hall–Kier alpha value is -2.08.